The Morgan fingerprint density at radius 1 is 0.938 bits per heavy atom. The topological polar surface area (TPSA) is 78.0 Å². The van der Waals surface area contributed by atoms with Crippen LogP contribution in [-0.4, -0.2) is 67.8 Å². The van der Waals surface area contributed by atoms with Crippen molar-refractivity contribution in [3.05, 3.63) is 48.2 Å². The number of para-hydroxylation sites is 2. The number of hydrogen-bond donors (Lipinski definition) is 1. The van der Waals surface area contributed by atoms with Crippen molar-refractivity contribution < 1.29 is 14.3 Å². The number of anilines is 3. The predicted octanol–water partition coefficient (Wildman–Crippen LogP) is 3.60. The van der Waals surface area contributed by atoms with Gasteiger partial charge in [0.15, 0.2) is 0 Å². The van der Waals surface area contributed by atoms with E-state index < -0.39 is 0 Å². The summed E-state index contributed by atoms with van der Waals surface area (Å²) in [6, 6.07) is 11.6. The Morgan fingerprint density at radius 2 is 1.72 bits per heavy atom. The summed E-state index contributed by atoms with van der Waals surface area (Å²) in [4.78, 5) is 35.7. The van der Waals surface area contributed by atoms with Gasteiger partial charge in [-0.1, -0.05) is 12.1 Å². The number of carbonyl (C=O) groups excluding carboxylic acids is 2. The van der Waals surface area contributed by atoms with Gasteiger partial charge in [0, 0.05) is 45.5 Å². The van der Waals surface area contributed by atoms with Gasteiger partial charge in [-0.3, -0.25) is 0 Å². The monoisotopic (exact) mass is 437 g/mol. The third-order valence-electron chi connectivity index (χ3n) is 5.96. The summed E-state index contributed by atoms with van der Waals surface area (Å²) in [6.45, 7) is 6.99. The maximum Gasteiger partial charge on any atom is 0.339 e. The molecule has 0 radical (unpaired) electrons. The number of hydrogen-bond acceptors (Lipinski definition) is 6. The number of urea groups is 1. The number of pyridine rings is 1. The molecule has 0 bridgehead atoms. The lowest BCUT2D eigenvalue weighted by Gasteiger charge is -2.25. The third-order valence-corrected chi connectivity index (χ3v) is 5.96. The fourth-order valence-electron chi connectivity index (χ4n) is 4.27. The van der Waals surface area contributed by atoms with Gasteiger partial charge in [0.25, 0.3) is 0 Å². The lowest BCUT2D eigenvalue weighted by atomic mass is 10.2. The number of nitrogens with zero attached hydrogens (tertiary/aromatic N) is 4. The van der Waals surface area contributed by atoms with Crippen molar-refractivity contribution >= 4 is 29.2 Å². The zero-order valence-corrected chi connectivity index (χ0v) is 18.6. The Labute approximate surface area is 189 Å². The zero-order chi connectivity index (χ0) is 22.3. The van der Waals surface area contributed by atoms with Crippen LogP contribution in [0.25, 0.3) is 0 Å². The number of esters is 1. The highest BCUT2D eigenvalue weighted by Gasteiger charge is 2.22. The van der Waals surface area contributed by atoms with Crippen LogP contribution in [0.5, 0.6) is 0 Å². The van der Waals surface area contributed by atoms with Gasteiger partial charge in [0.2, 0.25) is 0 Å². The summed E-state index contributed by atoms with van der Waals surface area (Å²) in [7, 11) is 0. The quantitative estimate of drug-likeness (QED) is 0.720. The van der Waals surface area contributed by atoms with E-state index in [-0.39, 0.29) is 12.0 Å². The summed E-state index contributed by atoms with van der Waals surface area (Å²) in [5, 5.41) is 3.13. The highest BCUT2D eigenvalue weighted by Crippen LogP contribution is 2.29. The van der Waals surface area contributed by atoms with Crippen molar-refractivity contribution in [3.8, 4) is 0 Å². The van der Waals surface area contributed by atoms with Crippen molar-refractivity contribution in [3.63, 3.8) is 0 Å². The molecule has 4 rings (SSSR count). The molecule has 1 aromatic heterocycles. The first-order chi connectivity index (χ1) is 15.7. The van der Waals surface area contributed by atoms with Crippen molar-refractivity contribution in [2.24, 2.45) is 0 Å². The molecule has 0 unspecified atom stereocenters. The number of aromatic nitrogens is 1. The molecule has 2 aliphatic heterocycles. The van der Waals surface area contributed by atoms with Gasteiger partial charge in [-0.25, -0.2) is 14.6 Å². The molecule has 0 aliphatic carbocycles. The van der Waals surface area contributed by atoms with Gasteiger partial charge >= 0.3 is 12.0 Å². The summed E-state index contributed by atoms with van der Waals surface area (Å²) >= 11 is 0. The molecule has 1 aromatic carbocycles. The fourth-order valence-corrected chi connectivity index (χ4v) is 4.27. The average Bonchev–Trinajstić information content (AvgIpc) is 3.24. The molecule has 1 N–H and O–H groups in total. The molecule has 0 atom stereocenters. The van der Waals surface area contributed by atoms with E-state index in [4.69, 9.17) is 4.74 Å². The summed E-state index contributed by atoms with van der Waals surface area (Å²) in [5.41, 5.74) is 2.42. The van der Waals surface area contributed by atoms with Crippen LogP contribution in [0.15, 0.2) is 42.6 Å². The van der Waals surface area contributed by atoms with E-state index in [0.717, 1.165) is 43.2 Å². The van der Waals surface area contributed by atoms with Gasteiger partial charge < -0.3 is 24.8 Å². The lowest BCUT2D eigenvalue weighted by Crippen LogP contribution is -2.38. The van der Waals surface area contributed by atoms with Crippen LogP contribution in [0.4, 0.5) is 22.0 Å². The fraction of sp³-hybridized carbons (Fsp3) is 0.458. The van der Waals surface area contributed by atoms with Crippen molar-refractivity contribution in [1.29, 1.82) is 0 Å². The number of benzene rings is 1. The minimum atomic E-state index is -0.362. The maximum atomic E-state index is 13.0. The first-order valence-corrected chi connectivity index (χ1v) is 11.4. The zero-order valence-electron chi connectivity index (χ0n) is 18.6. The van der Waals surface area contributed by atoms with Crippen LogP contribution >= 0.6 is 0 Å². The molecule has 170 valence electrons. The molecule has 2 aliphatic rings. The van der Waals surface area contributed by atoms with Crippen LogP contribution in [0.1, 0.15) is 36.5 Å². The maximum absolute atomic E-state index is 13.0. The highest BCUT2D eigenvalue weighted by molar-refractivity contribution is 5.93. The molecule has 2 fully saturated rings. The second kappa shape index (κ2) is 10.3. The average molecular weight is 438 g/mol. The molecule has 2 saturated heterocycles. The Bertz CT molecular complexity index is 927. The first kappa shape index (κ1) is 21.9. The number of nitrogens with one attached hydrogen (secondary N) is 1. The largest absolute Gasteiger partial charge is 0.462 e. The minimum absolute atomic E-state index is 0.0656. The van der Waals surface area contributed by atoms with Gasteiger partial charge in [-0.2, -0.15) is 0 Å². The second-order valence-corrected chi connectivity index (χ2v) is 8.09. The van der Waals surface area contributed by atoms with Crippen LogP contribution in [0.3, 0.4) is 0 Å². The second-order valence-electron chi connectivity index (χ2n) is 8.09. The van der Waals surface area contributed by atoms with E-state index in [1.807, 2.05) is 29.2 Å². The molecule has 8 nitrogen and oxygen atoms in total. The molecule has 3 heterocycles. The van der Waals surface area contributed by atoms with E-state index in [1.54, 1.807) is 19.2 Å². The Hall–Kier alpha value is -3.29. The molecule has 2 aromatic rings. The van der Waals surface area contributed by atoms with E-state index in [1.165, 1.54) is 12.8 Å². The molecular formula is C24H31N5O3. The van der Waals surface area contributed by atoms with E-state index in [2.05, 4.69) is 26.2 Å². The van der Waals surface area contributed by atoms with Gasteiger partial charge in [-0.05, 0) is 50.5 Å². The van der Waals surface area contributed by atoms with Crippen LogP contribution in [0, 0.1) is 0 Å². The van der Waals surface area contributed by atoms with Crippen LogP contribution in [-0.2, 0) is 4.74 Å². The SMILES string of the molecule is CCOC(=O)c1ccc(N2CCCN(C(=O)Nc3ccccc3N3CCCC3)CC2)nc1. The van der Waals surface area contributed by atoms with Crippen molar-refractivity contribution in [2.45, 2.75) is 26.2 Å². The molecule has 32 heavy (non-hydrogen) atoms. The minimum Gasteiger partial charge on any atom is -0.462 e. The van der Waals surface area contributed by atoms with Crippen molar-refractivity contribution in [2.75, 3.05) is 61.0 Å². The van der Waals surface area contributed by atoms with E-state index in [9.17, 15) is 9.59 Å². The first-order valence-electron chi connectivity index (χ1n) is 11.4. The highest BCUT2D eigenvalue weighted by atomic mass is 16.5. The third kappa shape index (κ3) is 5.12. The van der Waals surface area contributed by atoms with E-state index >= 15 is 0 Å². The van der Waals surface area contributed by atoms with Crippen molar-refractivity contribution in [1.82, 2.24) is 9.88 Å². The summed E-state index contributed by atoms with van der Waals surface area (Å²) in [5.74, 6) is 0.444. The molecule has 0 saturated carbocycles. The lowest BCUT2D eigenvalue weighted by molar-refractivity contribution is 0.0526. The standard InChI is InChI=1S/C24H31N5O3/c1-2-32-23(30)19-10-11-22(25-18-19)28-14-7-15-29(17-16-28)24(31)26-20-8-3-4-9-21(20)27-12-5-6-13-27/h3-4,8-11,18H,2,5-7,12-17H2,1H3,(H,26,31). The van der Waals surface area contributed by atoms with Gasteiger partial charge in [0.1, 0.15) is 5.82 Å². The smallest absolute Gasteiger partial charge is 0.339 e. The number of carbonyl (C=O) groups is 2. The molecule has 8 heteroatoms. The number of ether oxygens (including phenoxy) is 1. The summed E-state index contributed by atoms with van der Waals surface area (Å²) in [6.07, 6.45) is 4.79. The molecule has 0 spiro atoms. The summed E-state index contributed by atoms with van der Waals surface area (Å²) < 4.78 is 5.02. The molecule has 2 amide bonds. The van der Waals surface area contributed by atoms with Crippen LogP contribution in [0.2, 0.25) is 0 Å². The normalized spacial score (nSPS) is 16.6. The number of amides is 2. The predicted molar refractivity (Wildman–Crippen MR) is 126 cm³/mol. The Balaban J connectivity index is 1.36. The van der Waals surface area contributed by atoms with Gasteiger partial charge in [-0.15, -0.1) is 0 Å². The number of rotatable bonds is 5. The molecular weight excluding hydrogens is 406 g/mol. The van der Waals surface area contributed by atoms with Crippen LogP contribution < -0.4 is 15.1 Å². The Morgan fingerprint density at radius 3 is 2.47 bits per heavy atom. The Kier molecular flexibility index (Phi) is 7.09. The van der Waals surface area contributed by atoms with E-state index in [0.29, 0.717) is 31.8 Å². The van der Waals surface area contributed by atoms with Gasteiger partial charge in [0.05, 0.1) is 23.5 Å².